The van der Waals surface area contributed by atoms with E-state index in [-0.39, 0.29) is 11.6 Å². The zero-order valence-electron chi connectivity index (χ0n) is 14.5. The van der Waals surface area contributed by atoms with Gasteiger partial charge >= 0.3 is 0 Å². The molecule has 0 spiro atoms. The van der Waals surface area contributed by atoms with Gasteiger partial charge in [0, 0.05) is 13.1 Å². The fourth-order valence-corrected chi connectivity index (χ4v) is 3.58. The van der Waals surface area contributed by atoms with Gasteiger partial charge in [-0.2, -0.15) is 0 Å². The molecule has 0 aliphatic carbocycles. The number of benzene rings is 2. The summed E-state index contributed by atoms with van der Waals surface area (Å²) in [7, 11) is 0. The van der Waals surface area contributed by atoms with E-state index < -0.39 is 11.7 Å². The van der Waals surface area contributed by atoms with Gasteiger partial charge < -0.3 is 4.90 Å². The van der Waals surface area contributed by atoms with Crippen LogP contribution in [0.4, 0.5) is 10.1 Å². The average molecular weight is 350 g/mol. The fraction of sp³-hybridized carbons (Fsp3) is 0.238. The van der Waals surface area contributed by atoms with Crippen molar-refractivity contribution >= 4 is 23.1 Å². The molecule has 2 aliphatic rings. The third-order valence-electron chi connectivity index (χ3n) is 4.89. The number of nitrogens with zero attached hydrogens (tertiary/aromatic N) is 2. The highest BCUT2D eigenvalue weighted by atomic mass is 19.1. The van der Waals surface area contributed by atoms with Gasteiger partial charge in [0.25, 0.3) is 11.8 Å². The minimum Gasteiger partial charge on any atom is -0.366 e. The van der Waals surface area contributed by atoms with E-state index in [1.165, 1.54) is 18.2 Å². The number of carbonyl (C=O) groups excluding carboxylic acids is 2. The molecule has 0 radical (unpaired) electrons. The largest absolute Gasteiger partial charge is 0.366 e. The highest BCUT2D eigenvalue weighted by Crippen LogP contribution is 2.36. The Labute approximate surface area is 151 Å². The zero-order valence-corrected chi connectivity index (χ0v) is 14.5. The maximum atomic E-state index is 13.7. The number of hydrogen-bond donors (Lipinski definition) is 0. The van der Waals surface area contributed by atoms with Gasteiger partial charge in [-0.3, -0.25) is 9.59 Å². The molecule has 1 saturated heterocycles. The number of likely N-dealkylation sites (tertiary alicyclic amines) is 1. The molecular formula is C21H19FN2O2. The Bertz CT molecular complexity index is 912. The number of rotatable bonds is 3. The number of halogens is 1. The monoisotopic (exact) mass is 350 g/mol. The predicted molar refractivity (Wildman–Crippen MR) is 97.8 cm³/mol. The molecule has 0 bridgehead atoms. The van der Waals surface area contributed by atoms with E-state index in [1.807, 2.05) is 36.1 Å². The molecule has 2 aromatic carbocycles. The van der Waals surface area contributed by atoms with Crippen molar-refractivity contribution in [2.45, 2.75) is 19.8 Å². The quantitative estimate of drug-likeness (QED) is 0.796. The van der Waals surface area contributed by atoms with E-state index in [0.717, 1.165) is 42.0 Å². The van der Waals surface area contributed by atoms with Crippen LogP contribution in [0.15, 0.2) is 54.2 Å². The van der Waals surface area contributed by atoms with Crippen LogP contribution in [-0.4, -0.2) is 29.8 Å². The molecule has 0 atom stereocenters. The summed E-state index contributed by atoms with van der Waals surface area (Å²) in [4.78, 5) is 29.4. The molecule has 0 saturated carbocycles. The molecule has 2 heterocycles. The van der Waals surface area contributed by atoms with Crippen molar-refractivity contribution in [3.8, 4) is 0 Å². The standard InChI is InChI=1S/C21H19FN2O2/c1-14-7-9-15(10-8-14)18-19(23-11-2-3-12-23)21(26)24(20(18)25)17-6-4-5-16(22)13-17/h4-10,13H,2-3,11-12H2,1H3. The Morgan fingerprint density at radius 1 is 0.923 bits per heavy atom. The molecule has 4 rings (SSSR count). The maximum Gasteiger partial charge on any atom is 0.282 e. The number of amides is 2. The number of carbonyl (C=O) groups is 2. The number of imide groups is 1. The third kappa shape index (κ3) is 2.69. The van der Waals surface area contributed by atoms with Crippen LogP contribution < -0.4 is 4.90 Å². The van der Waals surface area contributed by atoms with Crippen molar-refractivity contribution in [1.82, 2.24) is 4.90 Å². The number of hydrogen-bond acceptors (Lipinski definition) is 3. The first-order chi connectivity index (χ1) is 12.6. The summed E-state index contributed by atoms with van der Waals surface area (Å²) in [5.74, 6) is -1.25. The highest BCUT2D eigenvalue weighted by Gasteiger charge is 2.42. The van der Waals surface area contributed by atoms with E-state index in [9.17, 15) is 14.0 Å². The van der Waals surface area contributed by atoms with Gasteiger partial charge in [0.1, 0.15) is 11.5 Å². The lowest BCUT2D eigenvalue weighted by molar-refractivity contribution is -0.120. The summed E-state index contributed by atoms with van der Waals surface area (Å²) in [6, 6.07) is 13.2. The minimum atomic E-state index is -0.477. The van der Waals surface area contributed by atoms with Crippen LogP contribution in [0.5, 0.6) is 0 Å². The Morgan fingerprint density at radius 2 is 1.62 bits per heavy atom. The van der Waals surface area contributed by atoms with E-state index in [2.05, 4.69) is 0 Å². The van der Waals surface area contributed by atoms with Crippen molar-refractivity contribution in [2.75, 3.05) is 18.0 Å². The second kappa shape index (κ2) is 6.41. The molecule has 26 heavy (non-hydrogen) atoms. The third-order valence-corrected chi connectivity index (χ3v) is 4.89. The normalized spacial score (nSPS) is 17.6. The minimum absolute atomic E-state index is 0.263. The SMILES string of the molecule is Cc1ccc(C2=C(N3CCCC3)C(=O)N(c3cccc(F)c3)C2=O)cc1. The zero-order chi connectivity index (χ0) is 18.3. The molecule has 5 heteroatoms. The summed E-state index contributed by atoms with van der Waals surface area (Å²) in [5.41, 5.74) is 2.89. The predicted octanol–water partition coefficient (Wildman–Crippen LogP) is 3.51. The van der Waals surface area contributed by atoms with E-state index in [0.29, 0.717) is 11.3 Å². The molecule has 1 fully saturated rings. The van der Waals surface area contributed by atoms with Gasteiger partial charge in [-0.15, -0.1) is 0 Å². The van der Waals surface area contributed by atoms with Gasteiger partial charge in [0.05, 0.1) is 11.3 Å². The topological polar surface area (TPSA) is 40.6 Å². The Hall–Kier alpha value is -2.95. The lowest BCUT2D eigenvalue weighted by Crippen LogP contribution is -2.34. The first kappa shape index (κ1) is 16.5. The Morgan fingerprint density at radius 3 is 2.27 bits per heavy atom. The number of aryl methyl sites for hydroxylation is 1. The van der Waals surface area contributed by atoms with Crippen LogP contribution in [0.25, 0.3) is 5.57 Å². The summed E-state index contributed by atoms with van der Waals surface area (Å²) in [6.45, 7) is 3.47. The van der Waals surface area contributed by atoms with Crippen LogP contribution >= 0.6 is 0 Å². The van der Waals surface area contributed by atoms with Crippen LogP contribution in [0, 0.1) is 12.7 Å². The average Bonchev–Trinajstić information content (AvgIpc) is 3.22. The van der Waals surface area contributed by atoms with Crippen LogP contribution in [0.1, 0.15) is 24.0 Å². The first-order valence-electron chi connectivity index (χ1n) is 8.77. The van der Waals surface area contributed by atoms with Crippen molar-refractivity contribution < 1.29 is 14.0 Å². The molecule has 2 aliphatic heterocycles. The molecule has 0 N–H and O–H groups in total. The van der Waals surface area contributed by atoms with Gasteiger partial charge in [-0.25, -0.2) is 9.29 Å². The molecule has 0 aromatic heterocycles. The van der Waals surface area contributed by atoms with Crippen molar-refractivity contribution in [3.63, 3.8) is 0 Å². The molecule has 4 nitrogen and oxygen atoms in total. The molecule has 0 unspecified atom stereocenters. The molecular weight excluding hydrogens is 331 g/mol. The first-order valence-corrected chi connectivity index (χ1v) is 8.77. The van der Waals surface area contributed by atoms with Crippen LogP contribution in [0.3, 0.4) is 0 Å². The van der Waals surface area contributed by atoms with Gasteiger partial charge in [-0.1, -0.05) is 35.9 Å². The van der Waals surface area contributed by atoms with E-state index >= 15 is 0 Å². The Balaban J connectivity index is 1.84. The molecule has 2 aromatic rings. The summed E-state index contributed by atoms with van der Waals surface area (Å²) >= 11 is 0. The van der Waals surface area contributed by atoms with Crippen molar-refractivity contribution in [1.29, 1.82) is 0 Å². The second-order valence-corrected chi connectivity index (χ2v) is 6.71. The maximum absolute atomic E-state index is 13.7. The summed E-state index contributed by atoms with van der Waals surface area (Å²) in [6.07, 6.45) is 1.98. The lowest BCUT2D eigenvalue weighted by Gasteiger charge is -2.20. The smallest absolute Gasteiger partial charge is 0.282 e. The second-order valence-electron chi connectivity index (χ2n) is 6.71. The number of anilines is 1. The van der Waals surface area contributed by atoms with Gasteiger partial charge in [0.2, 0.25) is 0 Å². The Kier molecular flexibility index (Phi) is 4.07. The van der Waals surface area contributed by atoms with Crippen LogP contribution in [0.2, 0.25) is 0 Å². The molecule has 132 valence electrons. The summed E-state index contributed by atoms with van der Waals surface area (Å²) < 4.78 is 13.7. The lowest BCUT2D eigenvalue weighted by atomic mass is 10.0. The van der Waals surface area contributed by atoms with Crippen molar-refractivity contribution in [2.24, 2.45) is 0 Å². The van der Waals surface area contributed by atoms with Gasteiger partial charge in [-0.05, 0) is 43.5 Å². The van der Waals surface area contributed by atoms with Crippen LogP contribution in [-0.2, 0) is 9.59 Å². The molecule has 2 amide bonds. The summed E-state index contributed by atoms with van der Waals surface area (Å²) in [5, 5.41) is 0. The van der Waals surface area contributed by atoms with Crippen molar-refractivity contribution in [3.05, 3.63) is 71.2 Å². The van der Waals surface area contributed by atoms with Gasteiger partial charge in [0.15, 0.2) is 0 Å². The van der Waals surface area contributed by atoms with E-state index in [1.54, 1.807) is 6.07 Å². The highest BCUT2D eigenvalue weighted by molar-refractivity contribution is 6.45. The van der Waals surface area contributed by atoms with E-state index in [4.69, 9.17) is 0 Å². The fourth-order valence-electron chi connectivity index (χ4n) is 3.58.